The van der Waals surface area contributed by atoms with E-state index in [1.54, 1.807) is 12.1 Å². The van der Waals surface area contributed by atoms with Gasteiger partial charge in [0, 0.05) is 32.7 Å². The molecule has 3 rings (SSSR count). The number of aromatic hydroxyl groups is 1. The van der Waals surface area contributed by atoms with Crippen LogP contribution in [0.1, 0.15) is 37.1 Å². The number of likely N-dealkylation sites (N-methyl/N-ethyl adjacent to an activating group) is 3. The molecule has 2 aromatic rings. The Bertz CT molecular complexity index is 895. The molecule has 1 aromatic heterocycles. The smallest absolute Gasteiger partial charge is 0.347 e. The van der Waals surface area contributed by atoms with E-state index in [1.807, 2.05) is 40.0 Å². The zero-order chi connectivity index (χ0) is 20.6. The van der Waals surface area contributed by atoms with Crippen molar-refractivity contribution < 1.29 is 9.52 Å². The van der Waals surface area contributed by atoms with Gasteiger partial charge in [-0.3, -0.25) is 10.3 Å². The molecule has 1 aliphatic rings. The fraction of sp³-hybridized carbons (Fsp3) is 0.600. The summed E-state index contributed by atoms with van der Waals surface area (Å²) in [5, 5.41) is 12.6. The van der Waals surface area contributed by atoms with Gasteiger partial charge in [0.25, 0.3) is 0 Å². The zero-order valence-electron chi connectivity index (χ0n) is 17.6. The van der Waals surface area contributed by atoms with Crippen molar-refractivity contribution in [1.82, 2.24) is 25.2 Å². The average Bonchev–Trinajstić information content (AvgIpc) is 3.00. The molecular weight excluding hydrogens is 358 g/mol. The van der Waals surface area contributed by atoms with E-state index in [0.717, 1.165) is 18.7 Å². The van der Waals surface area contributed by atoms with Gasteiger partial charge >= 0.3 is 5.63 Å². The Morgan fingerprint density at radius 1 is 1.32 bits per heavy atom. The lowest BCUT2D eigenvalue weighted by molar-refractivity contribution is 0.0715. The highest BCUT2D eigenvalue weighted by molar-refractivity contribution is 5.83. The molecule has 0 spiro atoms. The van der Waals surface area contributed by atoms with Gasteiger partial charge in [-0.2, -0.15) is 0 Å². The Balaban J connectivity index is 2.01. The van der Waals surface area contributed by atoms with E-state index >= 15 is 0 Å². The van der Waals surface area contributed by atoms with E-state index < -0.39 is 5.63 Å². The Morgan fingerprint density at radius 3 is 2.68 bits per heavy atom. The van der Waals surface area contributed by atoms with Crippen molar-refractivity contribution >= 4 is 10.9 Å². The molecule has 8 heteroatoms. The molecule has 2 atom stereocenters. The molecule has 1 aromatic carbocycles. The lowest BCUT2D eigenvalue weighted by Crippen LogP contribution is -2.47. The lowest BCUT2D eigenvalue weighted by Gasteiger charge is -2.32. The number of phenolic OH excluding ortho intramolecular Hbond substituents is 1. The van der Waals surface area contributed by atoms with Gasteiger partial charge in [-0.1, -0.05) is 13.8 Å². The summed E-state index contributed by atoms with van der Waals surface area (Å²) in [7, 11) is 8.14. The van der Waals surface area contributed by atoms with Gasteiger partial charge < -0.3 is 14.4 Å². The van der Waals surface area contributed by atoms with Gasteiger partial charge in [-0.05, 0) is 38.7 Å². The first-order chi connectivity index (χ1) is 13.2. The summed E-state index contributed by atoms with van der Waals surface area (Å²) in [6.07, 6.45) is 0.00919. The topological polar surface area (TPSA) is 85.1 Å². The summed E-state index contributed by atoms with van der Waals surface area (Å²) in [5.41, 5.74) is 4.17. The van der Waals surface area contributed by atoms with Crippen molar-refractivity contribution in [3.63, 3.8) is 0 Å². The summed E-state index contributed by atoms with van der Waals surface area (Å²) in [4.78, 5) is 21.8. The van der Waals surface area contributed by atoms with Crippen molar-refractivity contribution in [1.29, 1.82) is 0 Å². The van der Waals surface area contributed by atoms with Crippen LogP contribution in [0.3, 0.4) is 0 Å². The van der Waals surface area contributed by atoms with Crippen LogP contribution in [0, 0.1) is 0 Å². The van der Waals surface area contributed by atoms with Crippen LogP contribution < -0.4 is 11.1 Å². The largest absolute Gasteiger partial charge is 0.508 e. The number of phenols is 1. The minimum Gasteiger partial charge on any atom is -0.508 e. The monoisotopic (exact) mass is 389 g/mol. The van der Waals surface area contributed by atoms with E-state index in [9.17, 15) is 9.90 Å². The van der Waals surface area contributed by atoms with Crippen LogP contribution in [0.25, 0.3) is 10.9 Å². The quantitative estimate of drug-likeness (QED) is 0.766. The standard InChI is InChI=1S/C20H31N5O3/c1-12(2)14-9-13(26)10-16-17(14)20(27)28-18(22-16)15-11-21-25(6)19(15)24(5)8-7-23(3)4/h9-10,12,15,19,21,26H,7-8,11H2,1-6H3. The van der Waals surface area contributed by atoms with Crippen molar-refractivity contribution in [2.24, 2.45) is 0 Å². The van der Waals surface area contributed by atoms with E-state index in [2.05, 4.69) is 27.3 Å². The predicted molar refractivity (Wildman–Crippen MR) is 110 cm³/mol. The molecule has 0 radical (unpaired) electrons. The Morgan fingerprint density at radius 2 is 2.04 bits per heavy atom. The predicted octanol–water partition coefficient (Wildman–Crippen LogP) is 1.37. The number of hydrogen-bond donors (Lipinski definition) is 2. The van der Waals surface area contributed by atoms with Crippen LogP contribution in [0.2, 0.25) is 0 Å². The number of benzene rings is 1. The number of rotatable bonds is 6. The minimum atomic E-state index is -0.395. The highest BCUT2D eigenvalue weighted by atomic mass is 16.4. The SMILES string of the molecule is CC(C)c1cc(O)cc2nc(C3CNN(C)C3N(C)CCN(C)C)oc(=O)c12. The van der Waals surface area contributed by atoms with Gasteiger partial charge in [0.2, 0.25) is 5.89 Å². The maximum atomic E-state index is 12.8. The average molecular weight is 390 g/mol. The third-order valence-corrected chi connectivity index (χ3v) is 5.37. The summed E-state index contributed by atoms with van der Waals surface area (Å²) >= 11 is 0. The number of aromatic nitrogens is 1. The third kappa shape index (κ3) is 4.05. The van der Waals surface area contributed by atoms with E-state index in [4.69, 9.17) is 4.42 Å². The molecule has 0 bridgehead atoms. The molecule has 1 saturated heterocycles. The lowest BCUT2D eigenvalue weighted by atomic mass is 9.98. The molecule has 1 aliphatic heterocycles. The van der Waals surface area contributed by atoms with E-state index in [1.165, 1.54) is 0 Å². The van der Waals surface area contributed by atoms with Gasteiger partial charge in [0.15, 0.2) is 0 Å². The van der Waals surface area contributed by atoms with Gasteiger partial charge in [0.05, 0.1) is 23.0 Å². The van der Waals surface area contributed by atoms with Gasteiger partial charge in [-0.15, -0.1) is 0 Å². The second-order valence-corrected chi connectivity index (χ2v) is 8.20. The molecule has 2 unspecified atom stereocenters. The van der Waals surface area contributed by atoms with Gasteiger partial charge in [0.1, 0.15) is 5.75 Å². The molecule has 2 heterocycles. The number of hydrogen-bond acceptors (Lipinski definition) is 8. The molecule has 0 saturated carbocycles. The first kappa shape index (κ1) is 20.7. The summed E-state index contributed by atoms with van der Waals surface area (Å²) in [6.45, 7) is 6.38. The molecule has 8 nitrogen and oxygen atoms in total. The normalized spacial score (nSPS) is 20.9. The van der Waals surface area contributed by atoms with Crippen molar-refractivity contribution in [3.8, 4) is 5.75 Å². The third-order valence-electron chi connectivity index (χ3n) is 5.37. The summed E-state index contributed by atoms with van der Waals surface area (Å²) in [5.74, 6) is 0.492. The number of fused-ring (bicyclic) bond motifs is 1. The second kappa shape index (κ2) is 8.16. The number of nitrogens with zero attached hydrogens (tertiary/aromatic N) is 4. The first-order valence-corrected chi connectivity index (χ1v) is 9.68. The maximum absolute atomic E-state index is 12.8. The molecular formula is C20H31N5O3. The van der Waals surface area contributed by atoms with Crippen molar-refractivity contribution in [2.75, 3.05) is 47.8 Å². The second-order valence-electron chi connectivity index (χ2n) is 8.20. The number of nitrogens with one attached hydrogen (secondary N) is 1. The molecule has 0 amide bonds. The van der Waals surface area contributed by atoms with E-state index in [-0.39, 0.29) is 23.8 Å². The van der Waals surface area contributed by atoms with Crippen LogP contribution in [0.4, 0.5) is 0 Å². The fourth-order valence-electron chi connectivity index (χ4n) is 3.86. The zero-order valence-corrected chi connectivity index (χ0v) is 17.6. The highest BCUT2D eigenvalue weighted by Gasteiger charge is 2.38. The van der Waals surface area contributed by atoms with Crippen LogP contribution in [-0.2, 0) is 0 Å². The Hall–Kier alpha value is -2.00. The van der Waals surface area contributed by atoms with Crippen molar-refractivity contribution in [3.05, 3.63) is 34.0 Å². The van der Waals surface area contributed by atoms with Crippen LogP contribution in [-0.4, -0.2) is 78.9 Å². The van der Waals surface area contributed by atoms with Gasteiger partial charge in [-0.25, -0.2) is 14.8 Å². The van der Waals surface area contributed by atoms with E-state index in [0.29, 0.717) is 23.3 Å². The summed E-state index contributed by atoms with van der Waals surface area (Å²) < 4.78 is 5.71. The molecule has 1 fully saturated rings. The summed E-state index contributed by atoms with van der Waals surface area (Å²) in [6, 6.07) is 3.16. The van der Waals surface area contributed by atoms with Crippen LogP contribution in [0.5, 0.6) is 5.75 Å². The van der Waals surface area contributed by atoms with Crippen LogP contribution in [0.15, 0.2) is 21.3 Å². The Kier molecular flexibility index (Phi) is 6.04. The molecule has 0 aliphatic carbocycles. The van der Waals surface area contributed by atoms with Crippen LogP contribution >= 0.6 is 0 Å². The molecule has 28 heavy (non-hydrogen) atoms. The number of hydrazine groups is 1. The highest BCUT2D eigenvalue weighted by Crippen LogP contribution is 2.31. The molecule has 154 valence electrons. The first-order valence-electron chi connectivity index (χ1n) is 9.68. The minimum absolute atomic E-state index is 0.00919. The van der Waals surface area contributed by atoms with Crippen molar-refractivity contribution in [2.45, 2.75) is 31.8 Å². The molecule has 2 N–H and O–H groups in total. The Labute approximate surface area is 165 Å². The fourth-order valence-corrected chi connectivity index (χ4v) is 3.86. The maximum Gasteiger partial charge on any atom is 0.347 e.